The van der Waals surface area contributed by atoms with Gasteiger partial charge in [-0.3, -0.25) is 0 Å². The fraction of sp³-hybridized carbons (Fsp3) is 0.0877. The van der Waals surface area contributed by atoms with Crippen molar-refractivity contribution in [3.63, 3.8) is 0 Å². The maximum atomic E-state index is 2.47. The van der Waals surface area contributed by atoms with Crippen LogP contribution in [0.4, 0.5) is 28.4 Å². The molecule has 0 heterocycles. The zero-order valence-corrected chi connectivity index (χ0v) is 33.5. The molecule has 59 heavy (non-hydrogen) atoms. The van der Waals surface area contributed by atoms with Gasteiger partial charge in [0.05, 0.1) is 6.04 Å². The van der Waals surface area contributed by atoms with Crippen molar-refractivity contribution >= 4 is 28.4 Å². The molecule has 2 aliphatic rings. The Kier molecular flexibility index (Phi) is 9.39. The molecule has 0 aromatic heterocycles. The van der Waals surface area contributed by atoms with Crippen LogP contribution in [0.25, 0.3) is 44.5 Å². The summed E-state index contributed by atoms with van der Waals surface area (Å²) in [7, 11) is 0. The predicted octanol–water partition coefficient (Wildman–Crippen LogP) is 15.5. The zero-order chi connectivity index (χ0) is 39.8. The van der Waals surface area contributed by atoms with E-state index >= 15 is 0 Å². The monoisotopic (exact) mass is 758 g/mol. The van der Waals surface area contributed by atoms with Crippen LogP contribution in [0.1, 0.15) is 31.4 Å². The highest BCUT2D eigenvalue weighted by Gasteiger charge is 2.35. The molecule has 2 nitrogen and oxygen atoms in total. The lowest BCUT2D eigenvalue weighted by molar-refractivity contribution is 0.660. The normalized spacial score (nSPS) is 14.7. The fourth-order valence-electron chi connectivity index (χ4n) is 9.17. The average Bonchev–Trinajstić information content (AvgIpc) is 3.53. The van der Waals surface area contributed by atoms with E-state index in [-0.39, 0.29) is 11.5 Å². The van der Waals surface area contributed by atoms with Crippen molar-refractivity contribution in [1.29, 1.82) is 0 Å². The van der Waals surface area contributed by atoms with E-state index in [1.165, 1.54) is 67.0 Å². The number of allylic oxidation sites excluding steroid dienone is 2. The highest BCUT2D eigenvalue weighted by Crippen LogP contribution is 2.51. The molecule has 0 saturated carbocycles. The molecule has 8 aromatic rings. The minimum absolute atomic E-state index is 0.0965. The average molecular weight is 759 g/mol. The molecule has 0 amide bonds. The standard InChI is InChI=1S/C57H46N2/c1-57(2)55-26-16-15-25-52(55)53-38-36-50(40-56(53)57)59(46-23-13-6-14-24-46)49-35-37-51(54(39-49)43-19-9-4-10-20-43)44-29-33-48(34-30-44)58(45-21-11-5-12-22-45)47-31-27-42(28-32-47)41-17-7-3-8-18-41/h3-21,23-40,45H,22H2,1-2H3. The minimum Gasteiger partial charge on any atom is -0.334 e. The molecular formula is C57H46N2. The molecule has 0 bridgehead atoms. The zero-order valence-electron chi connectivity index (χ0n) is 33.5. The molecule has 0 spiro atoms. The number of para-hydroxylation sites is 1. The summed E-state index contributed by atoms with van der Waals surface area (Å²) in [5, 5.41) is 0. The summed E-state index contributed by atoms with van der Waals surface area (Å²) in [5.41, 5.74) is 18.3. The van der Waals surface area contributed by atoms with Crippen LogP contribution in [-0.4, -0.2) is 6.04 Å². The summed E-state index contributed by atoms with van der Waals surface area (Å²) >= 11 is 0. The Morgan fingerprint density at radius 3 is 1.56 bits per heavy atom. The van der Waals surface area contributed by atoms with Crippen LogP contribution in [0.15, 0.2) is 224 Å². The summed E-state index contributed by atoms with van der Waals surface area (Å²) in [4.78, 5) is 4.87. The van der Waals surface area contributed by atoms with E-state index in [0.717, 1.165) is 23.5 Å². The molecule has 0 fully saturated rings. The Bertz CT molecular complexity index is 2800. The van der Waals surface area contributed by atoms with Gasteiger partial charge in [-0.05, 0) is 123 Å². The Balaban J connectivity index is 1.05. The van der Waals surface area contributed by atoms with Crippen LogP contribution in [0.3, 0.4) is 0 Å². The second kappa shape index (κ2) is 15.3. The molecule has 1 atom stereocenters. The van der Waals surface area contributed by atoms with Gasteiger partial charge in [-0.15, -0.1) is 0 Å². The topological polar surface area (TPSA) is 6.48 Å². The van der Waals surface area contributed by atoms with Gasteiger partial charge in [0.25, 0.3) is 0 Å². The van der Waals surface area contributed by atoms with Crippen LogP contribution < -0.4 is 9.80 Å². The summed E-state index contributed by atoms with van der Waals surface area (Å²) in [5.74, 6) is 0. The van der Waals surface area contributed by atoms with E-state index in [2.05, 4.69) is 248 Å². The third kappa shape index (κ3) is 6.77. The SMILES string of the molecule is CC1(C)c2ccccc2-c2ccc(N(c3ccccc3)c3ccc(-c4ccc(N(c5ccc(-c6ccccc6)cc5)C5C=CC=CC5)cc4)c(-c4ccccc4)c3)cc21. The summed E-state index contributed by atoms with van der Waals surface area (Å²) in [6.07, 6.45) is 9.84. The van der Waals surface area contributed by atoms with E-state index in [4.69, 9.17) is 0 Å². The molecule has 1 unspecified atom stereocenters. The van der Waals surface area contributed by atoms with E-state index < -0.39 is 0 Å². The lowest BCUT2D eigenvalue weighted by atomic mass is 9.82. The number of hydrogen-bond donors (Lipinski definition) is 0. The first kappa shape index (κ1) is 36.2. The molecule has 0 N–H and O–H groups in total. The lowest BCUT2D eigenvalue weighted by Gasteiger charge is -2.33. The highest BCUT2D eigenvalue weighted by molar-refractivity contribution is 5.91. The largest absolute Gasteiger partial charge is 0.334 e. The first-order valence-corrected chi connectivity index (χ1v) is 20.7. The third-order valence-electron chi connectivity index (χ3n) is 12.2. The van der Waals surface area contributed by atoms with Crippen molar-refractivity contribution in [3.8, 4) is 44.5 Å². The summed E-state index contributed by atoms with van der Waals surface area (Å²) in [6, 6.07) is 73.4. The summed E-state index contributed by atoms with van der Waals surface area (Å²) < 4.78 is 0. The first-order valence-electron chi connectivity index (χ1n) is 20.7. The smallest absolute Gasteiger partial charge is 0.0559 e. The molecule has 2 heteroatoms. The maximum Gasteiger partial charge on any atom is 0.0559 e. The van der Waals surface area contributed by atoms with E-state index in [9.17, 15) is 0 Å². The molecular weight excluding hydrogens is 713 g/mol. The van der Waals surface area contributed by atoms with Crippen molar-refractivity contribution in [2.24, 2.45) is 0 Å². The Labute approximate surface area is 348 Å². The number of anilines is 5. The minimum atomic E-state index is -0.0965. The van der Waals surface area contributed by atoms with Crippen molar-refractivity contribution in [3.05, 3.63) is 236 Å². The van der Waals surface area contributed by atoms with Crippen molar-refractivity contribution in [2.75, 3.05) is 9.80 Å². The van der Waals surface area contributed by atoms with Gasteiger partial charge in [0.15, 0.2) is 0 Å². The Morgan fingerprint density at radius 2 is 0.898 bits per heavy atom. The van der Waals surface area contributed by atoms with Gasteiger partial charge in [-0.25, -0.2) is 0 Å². The van der Waals surface area contributed by atoms with Crippen LogP contribution in [0.2, 0.25) is 0 Å². The Hall–Kier alpha value is -7.16. The van der Waals surface area contributed by atoms with Gasteiger partial charge in [-0.1, -0.05) is 178 Å². The third-order valence-corrected chi connectivity index (χ3v) is 12.2. The van der Waals surface area contributed by atoms with Crippen LogP contribution in [-0.2, 0) is 5.41 Å². The molecule has 0 aliphatic heterocycles. The predicted molar refractivity (Wildman–Crippen MR) is 250 cm³/mol. The summed E-state index contributed by atoms with van der Waals surface area (Å²) in [6.45, 7) is 4.71. The molecule has 2 aliphatic carbocycles. The van der Waals surface area contributed by atoms with Gasteiger partial charge in [0, 0.05) is 33.9 Å². The number of nitrogens with zero attached hydrogens (tertiary/aromatic N) is 2. The highest BCUT2D eigenvalue weighted by atomic mass is 15.2. The first-order chi connectivity index (χ1) is 29.0. The maximum absolute atomic E-state index is 2.47. The molecule has 8 aromatic carbocycles. The van der Waals surface area contributed by atoms with Crippen LogP contribution in [0, 0.1) is 0 Å². The number of fused-ring (bicyclic) bond motifs is 3. The number of rotatable bonds is 9. The van der Waals surface area contributed by atoms with Crippen LogP contribution in [0.5, 0.6) is 0 Å². The molecule has 0 radical (unpaired) electrons. The second-order valence-electron chi connectivity index (χ2n) is 16.1. The molecule has 0 saturated heterocycles. The number of benzene rings is 8. The van der Waals surface area contributed by atoms with Crippen molar-refractivity contribution in [2.45, 2.75) is 31.7 Å². The van der Waals surface area contributed by atoms with Gasteiger partial charge >= 0.3 is 0 Å². The van der Waals surface area contributed by atoms with Gasteiger partial charge in [0.1, 0.15) is 0 Å². The van der Waals surface area contributed by atoms with E-state index in [1.807, 2.05) is 0 Å². The lowest BCUT2D eigenvalue weighted by Crippen LogP contribution is -2.29. The molecule has 284 valence electrons. The van der Waals surface area contributed by atoms with Gasteiger partial charge in [0.2, 0.25) is 0 Å². The van der Waals surface area contributed by atoms with Crippen molar-refractivity contribution in [1.82, 2.24) is 0 Å². The number of hydrogen-bond acceptors (Lipinski definition) is 2. The quantitative estimate of drug-likeness (QED) is 0.145. The fourth-order valence-corrected chi connectivity index (χ4v) is 9.17. The second-order valence-corrected chi connectivity index (χ2v) is 16.1. The van der Waals surface area contributed by atoms with E-state index in [0.29, 0.717) is 0 Å². The van der Waals surface area contributed by atoms with Crippen molar-refractivity contribution < 1.29 is 0 Å². The van der Waals surface area contributed by atoms with Crippen LogP contribution >= 0.6 is 0 Å². The van der Waals surface area contributed by atoms with E-state index in [1.54, 1.807) is 0 Å². The Morgan fingerprint density at radius 1 is 0.390 bits per heavy atom. The van der Waals surface area contributed by atoms with Gasteiger partial charge in [-0.2, -0.15) is 0 Å². The van der Waals surface area contributed by atoms with Gasteiger partial charge < -0.3 is 9.80 Å². The molecule has 10 rings (SSSR count).